The van der Waals surface area contributed by atoms with Gasteiger partial charge in [0.2, 0.25) is 11.8 Å². The monoisotopic (exact) mass is 247 g/mol. The Morgan fingerprint density at radius 3 is 2.33 bits per heavy atom. The van der Waals surface area contributed by atoms with Gasteiger partial charge in [0.25, 0.3) is 0 Å². The van der Waals surface area contributed by atoms with Gasteiger partial charge in [-0.3, -0.25) is 14.9 Å². The van der Waals surface area contributed by atoms with Gasteiger partial charge in [-0.15, -0.1) is 0 Å². The number of amides is 2. The first-order valence-electron chi connectivity index (χ1n) is 6.00. The van der Waals surface area contributed by atoms with Crippen molar-refractivity contribution in [1.82, 2.24) is 10.6 Å². The Hall–Kier alpha value is -1.88. The molecule has 1 aromatic carbocycles. The molecule has 0 bridgehead atoms. The number of piperazine rings is 1. The third-order valence-electron chi connectivity index (χ3n) is 2.91. The molecule has 5 heteroatoms. The first-order valence-corrected chi connectivity index (χ1v) is 6.00. The summed E-state index contributed by atoms with van der Waals surface area (Å²) >= 11 is 0. The third-order valence-corrected chi connectivity index (χ3v) is 2.91. The summed E-state index contributed by atoms with van der Waals surface area (Å²) in [5.41, 5.74) is 2.15. The summed E-state index contributed by atoms with van der Waals surface area (Å²) in [5, 5.41) is 5.39. The Morgan fingerprint density at radius 2 is 1.78 bits per heavy atom. The van der Waals surface area contributed by atoms with Crippen molar-refractivity contribution in [2.75, 3.05) is 31.6 Å². The van der Waals surface area contributed by atoms with E-state index in [2.05, 4.69) is 10.6 Å². The molecule has 2 amide bonds. The van der Waals surface area contributed by atoms with Crippen LogP contribution in [0.4, 0.5) is 5.69 Å². The molecule has 0 atom stereocenters. The van der Waals surface area contributed by atoms with Crippen LogP contribution in [0.2, 0.25) is 0 Å². The van der Waals surface area contributed by atoms with Crippen LogP contribution in [-0.2, 0) is 16.0 Å². The Labute approximate surface area is 106 Å². The summed E-state index contributed by atoms with van der Waals surface area (Å²) < 4.78 is 0. The van der Waals surface area contributed by atoms with E-state index in [0.29, 0.717) is 0 Å². The number of rotatable bonds is 4. The summed E-state index contributed by atoms with van der Waals surface area (Å²) in [7, 11) is 1.92. The smallest absolute Gasteiger partial charge is 0.246 e. The number of nitrogens with zero attached hydrogens (tertiary/aromatic N) is 1. The van der Waals surface area contributed by atoms with Gasteiger partial charge in [0.1, 0.15) is 0 Å². The Bertz CT molecular complexity index is 426. The van der Waals surface area contributed by atoms with Crippen LogP contribution in [0.1, 0.15) is 5.56 Å². The molecule has 1 heterocycles. The van der Waals surface area contributed by atoms with Crippen molar-refractivity contribution in [2.45, 2.75) is 6.42 Å². The molecule has 2 rings (SSSR count). The summed E-state index contributed by atoms with van der Waals surface area (Å²) in [6.07, 6.45) is 0.968. The molecular formula is C13H17N3O2. The number of hydrogen-bond donors (Lipinski definition) is 2. The van der Waals surface area contributed by atoms with Gasteiger partial charge in [0, 0.05) is 5.69 Å². The molecule has 1 saturated heterocycles. The fraction of sp³-hybridized carbons (Fsp3) is 0.385. The normalized spacial score (nSPS) is 15.7. The highest BCUT2D eigenvalue weighted by molar-refractivity contribution is 6.02. The van der Waals surface area contributed by atoms with E-state index in [1.807, 2.05) is 31.3 Å². The summed E-state index contributed by atoms with van der Waals surface area (Å²) in [6.45, 7) is 1.41. The Balaban J connectivity index is 2.04. The Morgan fingerprint density at radius 1 is 1.17 bits per heavy atom. The van der Waals surface area contributed by atoms with E-state index in [1.54, 1.807) is 4.90 Å². The van der Waals surface area contributed by atoms with Gasteiger partial charge in [0.05, 0.1) is 13.1 Å². The first-order chi connectivity index (χ1) is 8.69. The second kappa shape index (κ2) is 5.64. The minimum Gasteiger partial charge on any atom is -0.353 e. The van der Waals surface area contributed by atoms with Crippen LogP contribution in [0, 0.1) is 0 Å². The third kappa shape index (κ3) is 3.07. The molecule has 0 unspecified atom stereocenters. The van der Waals surface area contributed by atoms with Crippen molar-refractivity contribution in [3.05, 3.63) is 29.8 Å². The second-order valence-corrected chi connectivity index (χ2v) is 4.35. The topological polar surface area (TPSA) is 61.4 Å². The number of imide groups is 1. The highest BCUT2D eigenvalue weighted by Crippen LogP contribution is 2.16. The largest absolute Gasteiger partial charge is 0.353 e. The number of anilines is 1. The van der Waals surface area contributed by atoms with Gasteiger partial charge < -0.3 is 10.2 Å². The molecule has 0 spiro atoms. The maximum atomic E-state index is 11.3. The average Bonchev–Trinajstić information content (AvgIpc) is 2.36. The molecule has 18 heavy (non-hydrogen) atoms. The molecular weight excluding hydrogens is 230 g/mol. The van der Waals surface area contributed by atoms with Crippen LogP contribution in [0.3, 0.4) is 0 Å². The standard InChI is InChI=1S/C13H17N3O2/c1-14-7-6-10-2-4-11(5-3-10)16-8-12(17)15-13(18)9-16/h2-5,14H,6-9H2,1H3,(H,15,17,18). The number of benzene rings is 1. The molecule has 1 aromatic rings. The van der Waals surface area contributed by atoms with E-state index in [1.165, 1.54) is 5.56 Å². The van der Waals surface area contributed by atoms with Crippen molar-refractivity contribution >= 4 is 17.5 Å². The van der Waals surface area contributed by atoms with Gasteiger partial charge >= 0.3 is 0 Å². The van der Waals surface area contributed by atoms with Gasteiger partial charge in [-0.25, -0.2) is 0 Å². The molecule has 96 valence electrons. The van der Waals surface area contributed by atoms with Crippen LogP contribution in [0.5, 0.6) is 0 Å². The zero-order valence-electron chi connectivity index (χ0n) is 10.4. The maximum Gasteiger partial charge on any atom is 0.246 e. The lowest BCUT2D eigenvalue weighted by Crippen LogP contribution is -2.51. The van der Waals surface area contributed by atoms with Crippen LogP contribution in [0.15, 0.2) is 24.3 Å². The fourth-order valence-electron chi connectivity index (χ4n) is 1.96. The molecule has 0 radical (unpaired) electrons. The van der Waals surface area contributed by atoms with E-state index in [9.17, 15) is 9.59 Å². The lowest BCUT2D eigenvalue weighted by atomic mass is 10.1. The van der Waals surface area contributed by atoms with Crippen LogP contribution < -0.4 is 15.5 Å². The van der Waals surface area contributed by atoms with Crippen LogP contribution in [-0.4, -0.2) is 38.5 Å². The maximum absolute atomic E-state index is 11.3. The number of carbonyl (C=O) groups is 2. The molecule has 0 aliphatic carbocycles. The summed E-state index contributed by atoms with van der Waals surface area (Å²) in [6, 6.07) is 7.97. The molecule has 1 aliphatic rings. The van der Waals surface area contributed by atoms with E-state index < -0.39 is 0 Å². The Kier molecular flexibility index (Phi) is 3.94. The van der Waals surface area contributed by atoms with E-state index in [-0.39, 0.29) is 24.9 Å². The molecule has 0 aromatic heterocycles. The minimum absolute atomic E-state index is 0.238. The zero-order valence-corrected chi connectivity index (χ0v) is 10.4. The lowest BCUT2D eigenvalue weighted by Gasteiger charge is -2.27. The second-order valence-electron chi connectivity index (χ2n) is 4.35. The molecule has 0 saturated carbocycles. The van der Waals surface area contributed by atoms with Gasteiger partial charge in [-0.1, -0.05) is 12.1 Å². The van der Waals surface area contributed by atoms with Gasteiger partial charge in [-0.2, -0.15) is 0 Å². The zero-order chi connectivity index (χ0) is 13.0. The number of hydrogen-bond acceptors (Lipinski definition) is 4. The number of nitrogens with one attached hydrogen (secondary N) is 2. The van der Waals surface area contributed by atoms with E-state index in [4.69, 9.17) is 0 Å². The van der Waals surface area contributed by atoms with Crippen LogP contribution >= 0.6 is 0 Å². The highest BCUT2D eigenvalue weighted by Gasteiger charge is 2.22. The molecule has 5 nitrogen and oxygen atoms in total. The summed E-state index contributed by atoms with van der Waals surface area (Å²) in [5.74, 6) is -0.490. The predicted octanol–water partition coefficient (Wildman–Crippen LogP) is -0.0887. The van der Waals surface area contributed by atoms with E-state index >= 15 is 0 Å². The van der Waals surface area contributed by atoms with Crippen LogP contribution in [0.25, 0.3) is 0 Å². The lowest BCUT2D eigenvalue weighted by molar-refractivity contribution is -0.130. The van der Waals surface area contributed by atoms with Crippen molar-refractivity contribution in [3.8, 4) is 0 Å². The predicted molar refractivity (Wildman–Crippen MR) is 69.4 cm³/mol. The molecule has 2 N–H and O–H groups in total. The minimum atomic E-state index is -0.245. The SMILES string of the molecule is CNCCc1ccc(N2CC(=O)NC(=O)C2)cc1. The molecule has 1 fully saturated rings. The van der Waals surface area contributed by atoms with Crippen molar-refractivity contribution < 1.29 is 9.59 Å². The number of carbonyl (C=O) groups excluding carboxylic acids is 2. The van der Waals surface area contributed by atoms with Gasteiger partial charge in [-0.05, 0) is 37.7 Å². The average molecular weight is 247 g/mol. The van der Waals surface area contributed by atoms with Gasteiger partial charge in [0.15, 0.2) is 0 Å². The highest BCUT2D eigenvalue weighted by atomic mass is 16.2. The van der Waals surface area contributed by atoms with Crippen molar-refractivity contribution in [3.63, 3.8) is 0 Å². The summed E-state index contributed by atoms with van der Waals surface area (Å²) in [4.78, 5) is 24.3. The van der Waals surface area contributed by atoms with Crippen molar-refractivity contribution in [2.24, 2.45) is 0 Å². The first kappa shape index (κ1) is 12.6. The van der Waals surface area contributed by atoms with Crippen molar-refractivity contribution in [1.29, 1.82) is 0 Å². The fourth-order valence-corrected chi connectivity index (χ4v) is 1.96. The van der Waals surface area contributed by atoms with E-state index in [0.717, 1.165) is 18.7 Å². The quantitative estimate of drug-likeness (QED) is 0.730. The number of likely N-dealkylation sites (N-methyl/N-ethyl adjacent to an activating group) is 1. The molecule has 1 aliphatic heterocycles.